The topological polar surface area (TPSA) is 58.4 Å². The second kappa shape index (κ2) is 8.00. The van der Waals surface area contributed by atoms with E-state index in [9.17, 15) is 13.6 Å². The number of furan rings is 1. The van der Waals surface area contributed by atoms with Crippen LogP contribution in [-0.4, -0.2) is 23.0 Å². The van der Waals surface area contributed by atoms with E-state index in [4.69, 9.17) is 4.42 Å². The molecule has 0 saturated carbocycles. The Kier molecular flexibility index (Phi) is 5.26. The fourth-order valence-corrected chi connectivity index (χ4v) is 3.77. The molecule has 2 aromatic heterocycles. The number of urea groups is 1. The van der Waals surface area contributed by atoms with Gasteiger partial charge in [0.1, 0.15) is 17.4 Å². The van der Waals surface area contributed by atoms with Crippen molar-refractivity contribution in [2.24, 2.45) is 0 Å². The third kappa shape index (κ3) is 4.27. The molecule has 0 bridgehead atoms. The number of nitrogens with one attached hydrogen (secondary N) is 1. The number of aromatic nitrogens is 1. The van der Waals surface area contributed by atoms with Crippen LogP contribution >= 0.6 is 11.3 Å². The normalized spacial score (nSPS) is 11.0. The third-order valence-electron chi connectivity index (χ3n) is 4.35. The van der Waals surface area contributed by atoms with Gasteiger partial charge in [-0.05, 0) is 30.3 Å². The summed E-state index contributed by atoms with van der Waals surface area (Å²) in [7, 11) is 1.53. The number of nitrogens with zero attached hydrogens (tertiary/aromatic N) is 2. The van der Waals surface area contributed by atoms with Crippen molar-refractivity contribution in [1.82, 2.24) is 15.2 Å². The molecule has 29 heavy (non-hydrogen) atoms. The Hall–Kier alpha value is -3.26. The van der Waals surface area contributed by atoms with E-state index < -0.39 is 17.7 Å². The molecule has 4 rings (SSSR count). The SMILES string of the molecule is CN(Cc1ccc(F)cc1F)C(=O)NCc1ccc(-c2nc3ccccc3s2)o1. The quantitative estimate of drug-likeness (QED) is 0.491. The van der Waals surface area contributed by atoms with Crippen LogP contribution in [0.25, 0.3) is 21.0 Å². The van der Waals surface area contributed by atoms with Gasteiger partial charge in [-0.1, -0.05) is 18.2 Å². The van der Waals surface area contributed by atoms with Gasteiger partial charge in [0.25, 0.3) is 0 Å². The molecule has 148 valence electrons. The van der Waals surface area contributed by atoms with E-state index >= 15 is 0 Å². The number of carbonyl (C=O) groups is 1. The standard InChI is InChI=1S/C21H17F2N3O2S/c1-26(12-13-6-7-14(22)10-16(13)23)21(27)24-11-15-8-9-18(28-15)20-25-17-4-2-3-5-19(17)29-20/h2-10H,11-12H2,1H3,(H,24,27). The summed E-state index contributed by atoms with van der Waals surface area (Å²) in [4.78, 5) is 18.1. The maximum Gasteiger partial charge on any atom is 0.317 e. The van der Waals surface area contributed by atoms with Crippen LogP contribution in [0.3, 0.4) is 0 Å². The summed E-state index contributed by atoms with van der Waals surface area (Å²) in [5.41, 5.74) is 1.15. The van der Waals surface area contributed by atoms with Crippen molar-refractivity contribution >= 4 is 27.6 Å². The van der Waals surface area contributed by atoms with Gasteiger partial charge in [0, 0.05) is 25.2 Å². The van der Waals surface area contributed by atoms with Gasteiger partial charge >= 0.3 is 6.03 Å². The minimum absolute atomic E-state index is 0.0209. The lowest BCUT2D eigenvalue weighted by molar-refractivity contribution is 0.205. The highest BCUT2D eigenvalue weighted by Gasteiger charge is 2.14. The number of amides is 2. The lowest BCUT2D eigenvalue weighted by Gasteiger charge is -2.18. The van der Waals surface area contributed by atoms with Crippen molar-refractivity contribution in [3.05, 3.63) is 77.6 Å². The van der Waals surface area contributed by atoms with E-state index in [1.165, 1.54) is 29.4 Å². The molecular weight excluding hydrogens is 396 g/mol. The van der Waals surface area contributed by atoms with Gasteiger partial charge in [0.2, 0.25) is 0 Å². The number of hydrogen-bond donors (Lipinski definition) is 1. The van der Waals surface area contributed by atoms with Crippen molar-refractivity contribution in [2.75, 3.05) is 7.05 Å². The van der Waals surface area contributed by atoms with E-state index in [-0.39, 0.29) is 18.7 Å². The van der Waals surface area contributed by atoms with Crippen LogP contribution in [0.4, 0.5) is 13.6 Å². The minimum atomic E-state index is -0.684. The molecule has 2 heterocycles. The molecule has 5 nitrogen and oxygen atoms in total. The Morgan fingerprint density at radius 3 is 2.79 bits per heavy atom. The van der Waals surface area contributed by atoms with Crippen LogP contribution in [0.15, 0.2) is 59.0 Å². The zero-order chi connectivity index (χ0) is 20.4. The maximum absolute atomic E-state index is 13.7. The molecule has 0 aliphatic carbocycles. The Morgan fingerprint density at radius 2 is 2.00 bits per heavy atom. The van der Waals surface area contributed by atoms with E-state index in [0.29, 0.717) is 11.5 Å². The average Bonchev–Trinajstić information content (AvgIpc) is 3.34. The summed E-state index contributed by atoms with van der Waals surface area (Å²) in [5, 5.41) is 3.49. The van der Waals surface area contributed by atoms with E-state index in [1.807, 2.05) is 30.3 Å². The number of rotatable bonds is 5. The highest BCUT2D eigenvalue weighted by Crippen LogP contribution is 2.31. The first-order valence-electron chi connectivity index (χ1n) is 8.87. The highest BCUT2D eigenvalue weighted by atomic mass is 32.1. The van der Waals surface area contributed by atoms with Crippen LogP contribution in [0.5, 0.6) is 0 Å². The van der Waals surface area contributed by atoms with Gasteiger partial charge in [-0.15, -0.1) is 11.3 Å². The van der Waals surface area contributed by atoms with Gasteiger partial charge in [-0.3, -0.25) is 0 Å². The number of carbonyl (C=O) groups excluding carboxylic acids is 1. The Bertz CT molecular complexity index is 1140. The number of para-hydroxylation sites is 1. The number of benzene rings is 2. The van der Waals surface area contributed by atoms with Gasteiger partial charge in [-0.2, -0.15) is 0 Å². The van der Waals surface area contributed by atoms with Crippen molar-refractivity contribution in [1.29, 1.82) is 0 Å². The van der Waals surface area contributed by atoms with E-state index in [0.717, 1.165) is 27.4 Å². The molecule has 0 fully saturated rings. The molecule has 0 aliphatic heterocycles. The third-order valence-corrected chi connectivity index (χ3v) is 5.40. The Balaban J connectivity index is 1.37. The predicted molar refractivity (Wildman–Crippen MR) is 107 cm³/mol. The maximum atomic E-state index is 13.7. The molecule has 8 heteroatoms. The lowest BCUT2D eigenvalue weighted by atomic mass is 10.2. The number of hydrogen-bond acceptors (Lipinski definition) is 4. The number of fused-ring (bicyclic) bond motifs is 1. The van der Waals surface area contributed by atoms with Crippen molar-refractivity contribution < 1.29 is 18.0 Å². The summed E-state index contributed by atoms with van der Waals surface area (Å²) in [5.74, 6) is -0.123. The molecule has 2 aromatic carbocycles. The molecule has 1 N–H and O–H groups in total. The van der Waals surface area contributed by atoms with Gasteiger partial charge in [0.15, 0.2) is 10.8 Å². The van der Waals surface area contributed by atoms with Gasteiger partial charge in [0.05, 0.1) is 16.8 Å². The molecule has 2 amide bonds. The molecule has 0 unspecified atom stereocenters. The first-order valence-corrected chi connectivity index (χ1v) is 9.69. The average molecular weight is 413 g/mol. The molecule has 4 aromatic rings. The molecule has 0 saturated heterocycles. The Morgan fingerprint density at radius 1 is 1.17 bits per heavy atom. The lowest BCUT2D eigenvalue weighted by Crippen LogP contribution is -2.36. The zero-order valence-electron chi connectivity index (χ0n) is 15.5. The Labute approximate surface area is 169 Å². The molecule has 0 radical (unpaired) electrons. The molecule has 0 aliphatic rings. The molecule has 0 atom stereocenters. The van der Waals surface area contributed by atoms with Crippen molar-refractivity contribution in [3.63, 3.8) is 0 Å². The fourth-order valence-electron chi connectivity index (χ4n) is 2.84. The minimum Gasteiger partial charge on any atom is -0.457 e. The summed E-state index contributed by atoms with van der Waals surface area (Å²) in [6, 6.07) is 14.3. The van der Waals surface area contributed by atoms with Gasteiger partial charge < -0.3 is 14.6 Å². The van der Waals surface area contributed by atoms with Crippen LogP contribution in [-0.2, 0) is 13.1 Å². The number of halogens is 2. The summed E-state index contributed by atoms with van der Waals surface area (Å²) >= 11 is 1.53. The predicted octanol–water partition coefficient (Wildman–Crippen LogP) is 5.18. The first kappa shape index (κ1) is 19.1. The van der Waals surface area contributed by atoms with Crippen LogP contribution in [0.1, 0.15) is 11.3 Å². The summed E-state index contributed by atoms with van der Waals surface area (Å²) in [6.45, 7) is 0.201. The van der Waals surface area contributed by atoms with Crippen LogP contribution in [0, 0.1) is 11.6 Å². The van der Waals surface area contributed by atoms with Crippen LogP contribution in [0.2, 0.25) is 0 Å². The fraction of sp³-hybridized carbons (Fsp3) is 0.143. The first-order chi connectivity index (χ1) is 14.0. The molecule has 0 spiro atoms. The smallest absolute Gasteiger partial charge is 0.317 e. The van der Waals surface area contributed by atoms with E-state index in [1.54, 1.807) is 6.07 Å². The van der Waals surface area contributed by atoms with Crippen molar-refractivity contribution in [2.45, 2.75) is 13.1 Å². The van der Waals surface area contributed by atoms with Crippen LogP contribution < -0.4 is 5.32 Å². The summed E-state index contributed by atoms with van der Waals surface area (Å²) in [6.07, 6.45) is 0. The van der Waals surface area contributed by atoms with Gasteiger partial charge in [-0.25, -0.2) is 18.6 Å². The van der Waals surface area contributed by atoms with E-state index in [2.05, 4.69) is 10.3 Å². The highest BCUT2D eigenvalue weighted by molar-refractivity contribution is 7.21. The number of thiazole rings is 1. The van der Waals surface area contributed by atoms with Crippen molar-refractivity contribution in [3.8, 4) is 10.8 Å². The largest absolute Gasteiger partial charge is 0.457 e. The second-order valence-corrected chi connectivity index (χ2v) is 7.53. The monoisotopic (exact) mass is 413 g/mol. The summed E-state index contributed by atoms with van der Waals surface area (Å²) < 4.78 is 33.6. The molecular formula is C21H17F2N3O2S. The second-order valence-electron chi connectivity index (χ2n) is 6.50. The zero-order valence-corrected chi connectivity index (χ0v) is 16.3.